The number of amides is 1. The number of nitrogens with two attached hydrogens (primary N) is 1. The maximum Gasteiger partial charge on any atom is 0.242 e. The average molecular weight is 273 g/mol. The Morgan fingerprint density at radius 2 is 2.06 bits per heavy atom. The lowest BCUT2D eigenvalue weighted by molar-refractivity contribution is -0.121. The molecular formula is C11H11Cl2N3O. The molecule has 1 heterocycles. The van der Waals surface area contributed by atoms with E-state index < -0.39 is 0 Å². The summed E-state index contributed by atoms with van der Waals surface area (Å²) in [7, 11) is 0. The number of rotatable bonds is 2. The van der Waals surface area contributed by atoms with Crippen LogP contribution in [0.5, 0.6) is 0 Å². The fourth-order valence-corrected chi connectivity index (χ4v) is 2.16. The fraction of sp³-hybridized carbons (Fsp3) is 0.182. The van der Waals surface area contributed by atoms with Gasteiger partial charge >= 0.3 is 0 Å². The van der Waals surface area contributed by atoms with E-state index in [1.807, 2.05) is 0 Å². The molecule has 0 saturated heterocycles. The van der Waals surface area contributed by atoms with Crippen molar-refractivity contribution in [3.05, 3.63) is 39.5 Å². The predicted molar refractivity (Wildman–Crippen MR) is 68.6 cm³/mol. The number of halogens is 2. The maximum absolute atomic E-state index is 11.1. The van der Waals surface area contributed by atoms with Gasteiger partial charge in [-0.2, -0.15) is 0 Å². The molecule has 17 heavy (non-hydrogen) atoms. The van der Waals surface area contributed by atoms with Gasteiger partial charge in [-0.15, -0.1) is 0 Å². The Morgan fingerprint density at radius 3 is 2.65 bits per heavy atom. The van der Waals surface area contributed by atoms with Gasteiger partial charge < -0.3 is 11.2 Å². The number of carbonyl (C=O) groups excluding carboxylic acids is 1. The van der Waals surface area contributed by atoms with Crippen molar-refractivity contribution >= 4 is 34.8 Å². The van der Waals surface area contributed by atoms with E-state index >= 15 is 0 Å². The van der Waals surface area contributed by atoms with E-state index in [1.54, 1.807) is 18.2 Å². The van der Waals surface area contributed by atoms with Crippen LogP contribution in [-0.4, -0.2) is 5.91 Å². The van der Waals surface area contributed by atoms with Crippen LogP contribution in [-0.2, 0) is 11.2 Å². The highest BCUT2D eigenvalue weighted by Crippen LogP contribution is 2.29. The summed E-state index contributed by atoms with van der Waals surface area (Å²) in [6.07, 6.45) is 2.28. The van der Waals surface area contributed by atoms with Crippen LogP contribution in [0.4, 0.5) is 5.69 Å². The number of hydrogen-bond donors (Lipinski definition) is 3. The smallest absolute Gasteiger partial charge is 0.242 e. The van der Waals surface area contributed by atoms with E-state index in [0.29, 0.717) is 33.4 Å². The largest absolute Gasteiger partial charge is 0.399 e. The second-order valence-corrected chi connectivity index (χ2v) is 4.50. The summed E-state index contributed by atoms with van der Waals surface area (Å²) >= 11 is 12.1. The minimum absolute atomic E-state index is 0.219. The molecule has 0 aromatic heterocycles. The highest BCUT2D eigenvalue weighted by Gasteiger charge is 2.13. The third kappa shape index (κ3) is 2.84. The Labute approximate surface area is 110 Å². The quantitative estimate of drug-likeness (QED) is 0.722. The second-order valence-electron chi connectivity index (χ2n) is 3.69. The van der Waals surface area contributed by atoms with Crippen molar-refractivity contribution in [1.29, 1.82) is 0 Å². The van der Waals surface area contributed by atoms with Gasteiger partial charge in [-0.1, -0.05) is 29.3 Å². The molecule has 4 N–H and O–H groups in total. The first-order valence-electron chi connectivity index (χ1n) is 5.43. The summed E-state index contributed by atoms with van der Waals surface area (Å²) in [5.41, 5.74) is 10.7. The molecule has 1 amide bonds. The number of carbonyl (C=O) groups is 1. The SMILES string of the molecule is [2H]N1NC(=O)CC=C1Cc1c(Cl)cc(N)cc1Cl. The van der Waals surface area contributed by atoms with Gasteiger partial charge in [0.25, 0.3) is 0 Å². The Balaban J connectivity index is 2.27. The molecule has 0 unspecified atom stereocenters. The van der Waals surface area contributed by atoms with Crippen LogP contribution in [0, 0.1) is 0 Å². The summed E-state index contributed by atoms with van der Waals surface area (Å²) in [4.78, 5) is 11.1. The molecule has 4 nitrogen and oxygen atoms in total. The molecule has 0 saturated carbocycles. The third-order valence-electron chi connectivity index (χ3n) is 2.37. The van der Waals surface area contributed by atoms with Crippen molar-refractivity contribution in [1.82, 2.24) is 10.8 Å². The predicted octanol–water partition coefficient (Wildman–Crippen LogP) is 2.03. The molecule has 1 aliphatic rings. The lowest BCUT2D eigenvalue weighted by Crippen LogP contribution is -2.40. The van der Waals surface area contributed by atoms with E-state index in [9.17, 15) is 4.79 Å². The van der Waals surface area contributed by atoms with Crippen molar-refractivity contribution in [2.45, 2.75) is 12.8 Å². The van der Waals surface area contributed by atoms with Crippen LogP contribution in [0.25, 0.3) is 0 Å². The average Bonchev–Trinajstić information content (AvgIpc) is 2.25. The standard InChI is InChI=1S/C11H11Cl2N3O/c12-9-3-6(14)4-10(13)8(9)5-7-1-2-11(17)16-15-7/h1,3-4,15H,2,5,14H2,(H,16,17)/i/hD. The van der Waals surface area contributed by atoms with Crippen molar-refractivity contribution < 1.29 is 6.21 Å². The first kappa shape index (κ1) is 10.7. The molecule has 0 aliphatic carbocycles. The van der Waals surface area contributed by atoms with Crippen molar-refractivity contribution in [3.8, 4) is 0 Å². The van der Waals surface area contributed by atoms with Gasteiger partial charge in [0.15, 0.2) is 1.41 Å². The van der Waals surface area contributed by atoms with E-state index in [2.05, 4.69) is 5.43 Å². The molecule has 0 atom stereocenters. The van der Waals surface area contributed by atoms with E-state index in [4.69, 9.17) is 30.3 Å². The Kier molecular flexibility index (Phi) is 3.07. The van der Waals surface area contributed by atoms with Crippen molar-refractivity contribution in [2.75, 3.05) is 5.73 Å². The zero-order chi connectivity index (χ0) is 13.3. The third-order valence-corrected chi connectivity index (χ3v) is 3.04. The first-order chi connectivity index (χ1) is 8.47. The molecule has 0 spiro atoms. The normalized spacial score (nSPS) is 16.4. The number of hydrogen-bond acceptors (Lipinski definition) is 3. The van der Waals surface area contributed by atoms with E-state index in [-0.39, 0.29) is 12.3 Å². The Bertz CT molecular complexity index is 510. The van der Waals surface area contributed by atoms with Gasteiger partial charge in [0.2, 0.25) is 5.91 Å². The zero-order valence-corrected chi connectivity index (χ0v) is 10.3. The van der Waals surface area contributed by atoms with Crippen molar-refractivity contribution in [3.63, 3.8) is 0 Å². The molecule has 0 bridgehead atoms. The van der Waals surface area contributed by atoms with Gasteiger partial charge in [-0.25, -0.2) is 0 Å². The molecule has 1 aliphatic heterocycles. The molecule has 1 aromatic carbocycles. The first-order valence-corrected chi connectivity index (χ1v) is 5.74. The van der Waals surface area contributed by atoms with Gasteiger partial charge in [0, 0.05) is 34.3 Å². The molecular weight excluding hydrogens is 261 g/mol. The number of benzene rings is 1. The van der Waals surface area contributed by atoms with Gasteiger partial charge in [0.1, 0.15) is 0 Å². The topological polar surface area (TPSA) is 67.1 Å². The highest BCUT2D eigenvalue weighted by atomic mass is 35.5. The van der Waals surface area contributed by atoms with Crippen LogP contribution in [0.2, 0.25) is 11.5 Å². The molecule has 0 radical (unpaired) electrons. The van der Waals surface area contributed by atoms with E-state index in [1.165, 1.54) is 0 Å². The summed E-state index contributed by atoms with van der Waals surface area (Å²) in [6.45, 7) is 0. The molecule has 1 aromatic rings. The number of anilines is 1. The van der Waals surface area contributed by atoms with Crippen LogP contribution in [0.1, 0.15) is 12.0 Å². The van der Waals surface area contributed by atoms with Crippen LogP contribution in [0.15, 0.2) is 23.9 Å². The van der Waals surface area contributed by atoms with Gasteiger partial charge in [-0.05, 0) is 17.7 Å². The fourth-order valence-electron chi connectivity index (χ4n) is 1.52. The summed E-state index contributed by atoms with van der Waals surface area (Å²) in [5, 5.41) is 0.900. The zero-order valence-electron chi connectivity index (χ0n) is 9.84. The molecule has 0 fully saturated rings. The Morgan fingerprint density at radius 1 is 1.41 bits per heavy atom. The second kappa shape index (κ2) is 4.85. The number of nitrogens with one attached hydrogen (secondary N) is 2. The number of allylic oxidation sites excluding steroid dienone is 1. The van der Waals surface area contributed by atoms with Crippen molar-refractivity contribution in [2.24, 2.45) is 0 Å². The van der Waals surface area contributed by atoms with Crippen LogP contribution >= 0.6 is 23.2 Å². The number of nitrogen functional groups attached to an aromatic ring is 1. The van der Waals surface area contributed by atoms with Crippen LogP contribution in [0.3, 0.4) is 0 Å². The highest BCUT2D eigenvalue weighted by molar-refractivity contribution is 6.36. The minimum atomic E-state index is -0.219. The maximum atomic E-state index is 11.1. The molecule has 6 heteroatoms. The minimum Gasteiger partial charge on any atom is -0.399 e. The summed E-state index contributed by atoms with van der Waals surface area (Å²) in [5.74, 6) is -0.219. The number of hydrazine groups is 1. The lowest BCUT2D eigenvalue weighted by Gasteiger charge is -2.17. The molecule has 90 valence electrons. The summed E-state index contributed by atoms with van der Waals surface area (Å²) < 4.78 is 7.61. The summed E-state index contributed by atoms with van der Waals surface area (Å²) in [6, 6.07) is 3.22. The van der Waals surface area contributed by atoms with Crippen LogP contribution < -0.4 is 16.6 Å². The molecule has 2 rings (SSSR count). The monoisotopic (exact) mass is 272 g/mol. The van der Waals surface area contributed by atoms with Gasteiger partial charge in [-0.3, -0.25) is 10.2 Å². The van der Waals surface area contributed by atoms with E-state index in [0.717, 1.165) is 5.42 Å². The lowest BCUT2D eigenvalue weighted by atomic mass is 10.1. The van der Waals surface area contributed by atoms with Gasteiger partial charge in [0.05, 0.1) is 0 Å². The Hall–Kier alpha value is -1.39.